The fourth-order valence-corrected chi connectivity index (χ4v) is 5.63. The van der Waals surface area contributed by atoms with E-state index in [0.717, 1.165) is 43.9 Å². The molecule has 2 atom stereocenters. The number of nitrogens with zero attached hydrogens (tertiary/aromatic N) is 3. The highest BCUT2D eigenvalue weighted by Gasteiger charge is 2.41. The van der Waals surface area contributed by atoms with Gasteiger partial charge in [-0.05, 0) is 63.5 Å². The fourth-order valence-electron chi connectivity index (χ4n) is 4.56. The number of halogens is 3. The van der Waals surface area contributed by atoms with E-state index in [0.29, 0.717) is 16.0 Å². The highest BCUT2D eigenvalue weighted by molar-refractivity contribution is 9.10. The monoisotopic (exact) mass is 554 g/mol. The number of fused-ring (bicyclic) bond motifs is 3. The van der Waals surface area contributed by atoms with E-state index in [9.17, 15) is 0 Å². The summed E-state index contributed by atoms with van der Waals surface area (Å²) in [7, 11) is 1.64. The third-order valence-electron chi connectivity index (χ3n) is 6.06. The number of aromatic nitrogens is 3. The quantitative estimate of drug-likeness (QED) is 0.297. The van der Waals surface area contributed by atoms with Gasteiger partial charge in [-0.3, -0.25) is 0 Å². The number of methoxy groups -OCH3 is 1. The second-order valence-corrected chi connectivity index (χ2v) is 9.64. The van der Waals surface area contributed by atoms with E-state index in [4.69, 9.17) is 32.7 Å². The van der Waals surface area contributed by atoms with Crippen LogP contribution in [0, 0.1) is 0 Å². The minimum Gasteiger partial charge on any atom is -0.496 e. The van der Waals surface area contributed by atoms with Crippen LogP contribution in [-0.4, -0.2) is 21.9 Å². The largest absolute Gasteiger partial charge is 0.496 e. The van der Waals surface area contributed by atoms with E-state index in [1.165, 1.54) is 6.33 Å². The van der Waals surface area contributed by atoms with Crippen molar-refractivity contribution in [3.05, 3.63) is 104 Å². The molecular formula is C25H17BrCl2N4O2. The SMILES string of the molecule is COc1ccc([C@H]2Oc3ccccc3C3=C2[C@@H](c2ccc(Cl)cc2Cl)n2ncnc2N3)cc1Br. The van der Waals surface area contributed by atoms with Crippen molar-refractivity contribution >= 4 is 50.8 Å². The van der Waals surface area contributed by atoms with E-state index >= 15 is 0 Å². The first kappa shape index (κ1) is 21.5. The highest BCUT2D eigenvalue weighted by Crippen LogP contribution is 2.52. The van der Waals surface area contributed by atoms with Crippen LogP contribution in [0.15, 0.2) is 77.0 Å². The van der Waals surface area contributed by atoms with Gasteiger partial charge in [-0.15, -0.1) is 0 Å². The molecule has 3 aromatic carbocycles. The Labute approximate surface area is 214 Å². The Bertz CT molecular complexity index is 1470. The van der Waals surface area contributed by atoms with Crippen LogP contribution in [0.4, 0.5) is 5.95 Å². The zero-order valence-corrected chi connectivity index (χ0v) is 20.9. The lowest BCUT2D eigenvalue weighted by Crippen LogP contribution is -2.32. The summed E-state index contributed by atoms with van der Waals surface area (Å²) in [5.41, 5.74) is 4.65. The van der Waals surface area contributed by atoms with Gasteiger partial charge < -0.3 is 14.8 Å². The third-order valence-corrected chi connectivity index (χ3v) is 7.24. The molecule has 34 heavy (non-hydrogen) atoms. The van der Waals surface area contributed by atoms with Gasteiger partial charge in [0.1, 0.15) is 30.0 Å². The third kappa shape index (κ3) is 3.38. The summed E-state index contributed by atoms with van der Waals surface area (Å²) in [5.74, 6) is 2.15. The van der Waals surface area contributed by atoms with Crippen LogP contribution in [0.5, 0.6) is 11.5 Å². The summed E-state index contributed by atoms with van der Waals surface area (Å²) in [6, 6.07) is 19.0. The number of para-hydroxylation sites is 1. The van der Waals surface area contributed by atoms with Crippen molar-refractivity contribution in [2.45, 2.75) is 12.1 Å². The zero-order chi connectivity index (χ0) is 23.4. The second-order valence-electron chi connectivity index (χ2n) is 7.94. The van der Waals surface area contributed by atoms with Crippen molar-refractivity contribution in [3.63, 3.8) is 0 Å². The molecule has 9 heteroatoms. The van der Waals surface area contributed by atoms with Crippen LogP contribution in [0.1, 0.15) is 28.8 Å². The minimum absolute atomic E-state index is 0.363. The zero-order valence-electron chi connectivity index (χ0n) is 17.8. The lowest BCUT2D eigenvalue weighted by Gasteiger charge is -2.39. The second kappa shape index (κ2) is 8.34. The molecule has 0 saturated carbocycles. The van der Waals surface area contributed by atoms with Crippen LogP contribution in [0.3, 0.4) is 0 Å². The summed E-state index contributed by atoms with van der Waals surface area (Å²) in [6.45, 7) is 0. The maximum absolute atomic E-state index is 6.73. The molecule has 0 aliphatic carbocycles. The molecule has 0 radical (unpaired) electrons. The first-order valence-corrected chi connectivity index (χ1v) is 12.0. The Morgan fingerprint density at radius 3 is 2.74 bits per heavy atom. The fraction of sp³-hybridized carbons (Fsp3) is 0.120. The maximum atomic E-state index is 6.73. The molecule has 0 bridgehead atoms. The molecule has 1 N–H and O–H groups in total. The Morgan fingerprint density at radius 1 is 1.09 bits per heavy atom. The van der Waals surface area contributed by atoms with Crippen LogP contribution >= 0.6 is 39.1 Å². The number of rotatable bonds is 3. The molecule has 6 nitrogen and oxygen atoms in total. The summed E-state index contributed by atoms with van der Waals surface area (Å²) in [5, 5.41) is 9.13. The summed E-state index contributed by atoms with van der Waals surface area (Å²) >= 11 is 16.6. The molecule has 2 aliphatic heterocycles. The molecule has 2 aliphatic rings. The lowest BCUT2D eigenvalue weighted by molar-refractivity contribution is 0.223. The van der Waals surface area contributed by atoms with Crippen molar-refractivity contribution in [3.8, 4) is 11.5 Å². The molecular weight excluding hydrogens is 539 g/mol. The molecule has 0 saturated heterocycles. The smallest absolute Gasteiger partial charge is 0.226 e. The number of anilines is 1. The normalized spacial score (nSPS) is 18.4. The van der Waals surface area contributed by atoms with Gasteiger partial charge in [-0.25, -0.2) is 4.68 Å². The van der Waals surface area contributed by atoms with E-state index in [1.807, 2.05) is 59.3 Å². The van der Waals surface area contributed by atoms with Gasteiger partial charge in [0.15, 0.2) is 0 Å². The van der Waals surface area contributed by atoms with Crippen LogP contribution in [0.2, 0.25) is 10.0 Å². The number of ether oxygens (including phenoxy) is 2. The van der Waals surface area contributed by atoms with Gasteiger partial charge in [-0.2, -0.15) is 10.1 Å². The minimum atomic E-state index is -0.422. The van der Waals surface area contributed by atoms with Crippen molar-refractivity contribution in [1.29, 1.82) is 0 Å². The van der Waals surface area contributed by atoms with Gasteiger partial charge in [-0.1, -0.05) is 47.5 Å². The first-order valence-electron chi connectivity index (χ1n) is 10.5. The highest BCUT2D eigenvalue weighted by atomic mass is 79.9. The number of hydrogen-bond donors (Lipinski definition) is 1. The lowest BCUT2D eigenvalue weighted by atomic mass is 9.84. The Kier molecular flexibility index (Phi) is 5.28. The molecule has 6 rings (SSSR count). The molecule has 4 aromatic rings. The van der Waals surface area contributed by atoms with Crippen molar-refractivity contribution in [1.82, 2.24) is 14.8 Å². The Hall–Kier alpha value is -3.00. The molecule has 3 heterocycles. The topological polar surface area (TPSA) is 61.2 Å². The van der Waals surface area contributed by atoms with E-state index in [-0.39, 0.29) is 6.04 Å². The molecule has 0 unspecified atom stereocenters. The molecule has 0 fully saturated rings. The van der Waals surface area contributed by atoms with Crippen molar-refractivity contribution in [2.75, 3.05) is 12.4 Å². The van der Waals surface area contributed by atoms with Crippen molar-refractivity contribution < 1.29 is 9.47 Å². The summed E-state index contributed by atoms with van der Waals surface area (Å²) in [4.78, 5) is 4.45. The molecule has 0 amide bonds. The van der Waals surface area contributed by atoms with Crippen LogP contribution in [0.25, 0.3) is 5.70 Å². The van der Waals surface area contributed by atoms with Gasteiger partial charge >= 0.3 is 0 Å². The number of hydrogen-bond acceptors (Lipinski definition) is 5. The first-order chi connectivity index (χ1) is 16.5. The van der Waals surface area contributed by atoms with Crippen LogP contribution < -0.4 is 14.8 Å². The summed E-state index contributed by atoms with van der Waals surface area (Å²) in [6.07, 6.45) is 1.11. The van der Waals surface area contributed by atoms with E-state index in [1.54, 1.807) is 13.2 Å². The average Bonchev–Trinajstić information content (AvgIpc) is 3.31. The predicted octanol–water partition coefficient (Wildman–Crippen LogP) is 6.92. The summed E-state index contributed by atoms with van der Waals surface area (Å²) < 4.78 is 14.7. The van der Waals surface area contributed by atoms with Gasteiger partial charge in [0, 0.05) is 21.2 Å². The van der Waals surface area contributed by atoms with E-state index < -0.39 is 6.10 Å². The molecule has 170 valence electrons. The van der Waals surface area contributed by atoms with Gasteiger partial charge in [0.05, 0.1) is 17.3 Å². The van der Waals surface area contributed by atoms with Crippen molar-refractivity contribution in [2.24, 2.45) is 0 Å². The van der Waals surface area contributed by atoms with E-state index in [2.05, 4.69) is 31.3 Å². The molecule has 0 spiro atoms. The van der Waals surface area contributed by atoms with Crippen LogP contribution in [-0.2, 0) is 0 Å². The number of nitrogens with one attached hydrogen (secondary N) is 1. The van der Waals surface area contributed by atoms with Gasteiger partial charge in [0.25, 0.3) is 0 Å². The average molecular weight is 556 g/mol. The molecule has 1 aromatic heterocycles. The predicted molar refractivity (Wildman–Crippen MR) is 136 cm³/mol. The van der Waals surface area contributed by atoms with Gasteiger partial charge in [0.2, 0.25) is 5.95 Å². The Balaban J connectivity index is 1.63. The maximum Gasteiger partial charge on any atom is 0.226 e. The Morgan fingerprint density at radius 2 is 1.94 bits per heavy atom. The standard InChI is InChI=1S/C25H17BrCl2N4O2/c1-33-20-9-6-13(10-17(20)26)24-21-22(16-4-2-3-5-19(16)34-24)31-25-29-12-30-32(25)23(21)15-8-7-14(27)11-18(15)28/h2-12,23-24H,1H3,(H,29,30,31)/t23-,24-/m1/s1. The number of benzene rings is 3.